The Morgan fingerprint density at radius 1 is 1.32 bits per heavy atom. The van der Waals surface area contributed by atoms with E-state index in [-0.39, 0.29) is 29.4 Å². The van der Waals surface area contributed by atoms with Crippen molar-refractivity contribution in [2.45, 2.75) is 38.0 Å². The van der Waals surface area contributed by atoms with E-state index in [1.807, 2.05) is 12.1 Å². The Morgan fingerprint density at radius 3 is 2.64 bits per heavy atom. The van der Waals surface area contributed by atoms with Crippen LogP contribution in [0.5, 0.6) is 0 Å². The molecule has 0 spiro atoms. The summed E-state index contributed by atoms with van der Waals surface area (Å²) in [6.45, 7) is 6.20. The molecule has 3 rings (SSSR count). The van der Waals surface area contributed by atoms with Crippen molar-refractivity contribution in [1.82, 2.24) is 10.2 Å². The largest absolute Gasteiger partial charge is 0.357 e. The van der Waals surface area contributed by atoms with E-state index < -0.39 is 0 Å². The van der Waals surface area contributed by atoms with Gasteiger partial charge >= 0.3 is 0 Å². The average molecular weight is 434 g/mol. The molecular formula is C17H25ClIN3. The Hall–Kier alpha value is -0.490. The van der Waals surface area contributed by atoms with Gasteiger partial charge in [-0.3, -0.25) is 4.99 Å². The quantitative estimate of drug-likeness (QED) is 0.441. The van der Waals surface area contributed by atoms with Gasteiger partial charge < -0.3 is 10.2 Å². The molecular weight excluding hydrogens is 409 g/mol. The molecule has 3 nitrogen and oxygen atoms in total. The average Bonchev–Trinajstić information content (AvgIpc) is 3.08. The number of rotatable bonds is 4. The lowest BCUT2D eigenvalue weighted by atomic mass is 9.96. The van der Waals surface area contributed by atoms with Crippen LogP contribution in [0.4, 0.5) is 0 Å². The SMILES string of the molecule is CCNC(=NCC1(c2cccc(Cl)c2)CC1)N1CCCC1.I. The molecule has 0 bridgehead atoms. The molecule has 22 heavy (non-hydrogen) atoms. The minimum atomic E-state index is 0. The second kappa shape index (κ2) is 7.86. The number of hydrogen-bond donors (Lipinski definition) is 1. The lowest BCUT2D eigenvalue weighted by Crippen LogP contribution is -2.40. The molecule has 0 unspecified atom stereocenters. The van der Waals surface area contributed by atoms with Crippen LogP contribution in [0.3, 0.4) is 0 Å². The zero-order valence-electron chi connectivity index (χ0n) is 13.1. The summed E-state index contributed by atoms with van der Waals surface area (Å²) in [5, 5.41) is 4.27. The number of hydrogen-bond acceptors (Lipinski definition) is 1. The van der Waals surface area contributed by atoms with Crippen molar-refractivity contribution in [3.05, 3.63) is 34.9 Å². The summed E-state index contributed by atoms with van der Waals surface area (Å²) in [4.78, 5) is 7.31. The van der Waals surface area contributed by atoms with Crippen LogP contribution in [0, 0.1) is 0 Å². The second-order valence-corrected chi connectivity index (χ2v) is 6.59. The fourth-order valence-electron chi connectivity index (χ4n) is 3.09. The van der Waals surface area contributed by atoms with E-state index in [0.717, 1.165) is 37.2 Å². The molecule has 1 aromatic carbocycles. The van der Waals surface area contributed by atoms with Crippen LogP contribution < -0.4 is 5.32 Å². The summed E-state index contributed by atoms with van der Waals surface area (Å²) in [6.07, 6.45) is 5.00. The highest BCUT2D eigenvalue weighted by Gasteiger charge is 2.44. The van der Waals surface area contributed by atoms with Gasteiger partial charge in [-0.2, -0.15) is 0 Å². The van der Waals surface area contributed by atoms with Gasteiger partial charge in [0, 0.05) is 30.1 Å². The predicted octanol–water partition coefficient (Wildman–Crippen LogP) is 4.05. The molecule has 1 aliphatic carbocycles. The van der Waals surface area contributed by atoms with Gasteiger partial charge in [-0.25, -0.2) is 0 Å². The molecule has 1 N–H and O–H groups in total. The van der Waals surface area contributed by atoms with Crippen LogP contribution in [0.25, 0.3) is 0 Å². The van der Waals surface area contributed by atoms with E-state index in [2.05, 4.69) is 29.3 Å². The molecule has 1 aliphatic heterocycles. The first-order chi connectivity index (χ1) is 10.2. The highest BCUT2D eigenvalue weighted by atomic mass is 127. The van der Waals surface area contributed by atoms with Gasteiger partial charge in [0.05, 0.1) is 6.54 Å². The Labute approximate surface area is 155 Å². The van der Waals surface area contributed by atoms with Gasteiger partial charge in [0.25, 0.3) is 0 Å². The molecule has 5 heteroatoms. The van der Waals surface area contributed by atoms with E-state index in [9.17, 15) is 0 Å². The third-order valence-electron chi connectivity index (χ3n) is 4.56. The smallest absolute Gasteiger partial charge is 0.193 e. The van der Waals surface area contributed by atoms with Crippen molar-refractivity contribution in [2.24, 2.45) is 4.99 Å². The molecule has 0 atom stereocenters. The standard InChI is InChI=1S/C17H24ClN3.HI/c1-2-19-16(21-10-3-4-11-21)20-13-17(8-9-17)14-6-5-7-15(18)12-14;/h5-7,12H,2-4,8-11,13H2,1H3,(H,19,20);1H. The first-order valence-electron chi connectivity index (χ1n) is 8.03. The topological polar surface area (TPSA) is 27.6 Å². The fraction of sp³-hybridized carbons (Fsp3) is 0.588. The number of benzene rings is 1. The molecule has 122 valence electrons. The molecule has 0 aromatic heterocycles. The van der Waals surface area contributed by atoms with Crippen molar-refractivity contribution in [3.8, 4) is 0 Å². The first-order valence-corrected chi connectivity index (χ1v) is 8.41. The lowest BCUT2D eigenvalue weighted by Gasteiger charge is -2.22. The minimum absolute atomic E-state index is 0. The predicted molar refractivity (Wildman–Crippen MR) is 105 cm³/mol. The summed E-state index contributed by atoms with van der Waals surface area (Å²) >= 11 is 6.14. The molecule has 0 radical (unpaired) electrons. The van der Waals surface area contributed by atoms with Crippen LogP contribution in [-0.4, -0.2) is 37.0 Å². The summed E-state index contributed by atoms with van der Waals surface area (Å²) in [5.74, 6) is 1.09. The highest BCUT2D eigenvalue weighted by molar-refractivity contribution is 14.0. The summed E-state index contributed by atoms with van der Waals surface area (Å²) in [7, 11) is 0. The number of halogens is 2. The maximum Gasteiger partial charge on any atom is 0.193 e. The Morgan fingerprint density at radius 2 is 2.05 bits per heavy atom. The van der Waals surface area contributed by atoms with Gasteiger partial charge in [0.1, 0.15) is 0 Å². The maximum absolute atomic E-state index is 6.14. The second-order valence-electron chi connectivity index (χ2n) is 6.15. The van der Waals surface area contributed by atoms with Crippen LogP contribution in [0.1, 0.15) is 38.2 Å². The van der Waals surface area contributed by atoms with Crippen molar-refractivity contribution < 1.29 is 0 Å². The Balaban J connectivity index is 0.00000176. The van der Waals surface area contributed by atoms with E-state index in [0.29, 0.717) is 0 Å². The van der Waals surface area contributed by atoms with Crippen molar-refractivity contribution in [1.29, 1.82) is 0 Å². The lowest BCUT2D eigenvalue weighted by molar-refractivity contribution is 0.491. The summed E-state index contributed by atoms with van der Waals surface area (Å²) in [6, 6.07) is 8.29. The molecule has 1 saturated heterocycles. The molecule has 2 fully saturated rings. The van der Waals surface area contributed by atoms with E-state index in [4.69, 9.17) is 16.6 Å². The summed E-state index contributed by atoms with van der Waals surface area (Å²) < 4.78 is 0. The van der Waals surface area contributed by atoms with Gasteiger partial charge in [-0.1, -0.05) is 23.7 Å². The van der Waals surface area contributed by atoms with E-state index >= 15 is 0 Å². The van der Waals surface area contributed by atoms with E-state index in [1.165, 1.54) is 31.2 Å². The molecule has 0 amide bonds. The fourth-order valence-corrected chi connectivity index (χ4v) is 3.28. The molecule has 2 aliphatic rings. The first kappa shape index (κ1) is 17.9. The monoisotopic (exact) mass is 433 g/mol. The number of guanidine groups is 1. The third kappa shape index (κ3) is 4.07. The number of likely N-dealkylation sites (tertiary alicyclic amines) is 1. The Kier molecular flexibility index (Phi) is 6.38. The normalized spacial score (nSPS) is 19.7. The van der Waals surface area contributed by atoms with E-state index in [1.54, 1.807) is 0 Å². The third-order valence-corrected chi connectivity index (χ3v) is 4.80. The van der Waals surface area contributed by atoms with Crippen molar-refractivity contribution in [3.63, 3.8) is 0 Å². The highest BCUT2D eigenvalue weighted by Crippen LogP contribution is 2.48. The van der Waals surface area contributed by atoms with Crippen LogP contribution in [0.15, 0.2) is 29.3 Å². The summed E-state index contributed by atoms with van der Waals surface area (Å²) in [5.41, 5.74) is 1.57. The maximum atomic E-state index is 6.14. The number of nitrogens with one attached hydrogen (secondary N) is 1. The Bertz CT molecular complexity index is 522. The number of nitrogens with zero attached hydrogens (tertiary/aromatic N) is 2. The van der Waals surface area contributed by atoms with Crippen molar-refractivity contribution in [2.75, 3.05) is 26.2 Å². The van der Waals surface area contributed by atoms with Crippen LogP contribution in [-0.2, 0) is 5.41 Å². The van der Waals surface area contributed by atoms with Crippen molar-refractivity contribution >= 4 is 41.5 Å². The molecule has 1 aromatic rings. The zero-order valence-corrected chi connectivity index (χ0v) is 16.2. The van der Waals surface area contributed by atoms with Gasteiger partial charge in [0.15, 0.2) is 5.96 Å². The molecule has 1 heterocycles. The van der Waals surface area contributed by atoms with Crippen LogP contribution in [0.2, 0.25) is 5.02 Å². The van der Waals surface area contributed by atoms with Gasteiger partial charge in [-0.15, -0.1) is 24.0 Å². The minimum Gasteiger partial charge on any atom is -0.357 e. The van der Waals surface area contributed by atoms with Gasteiger partial charge in [-0.05, 0) is 50.3 Å². The number of aliphatic imine (C=N–C) groups is 1. The zero-order chi connectivity index (χ0) is 14.7. The molecule has 1 saturated carbocycles. The van der Waals surface area contributed by atoms with Gasteiger partial charge in [0.2, 0.25) is 0 Å². The van der Waals surface area contributed by atoms with Crippen LogP contribution >= 0.6 is 35.6 Å².